The Morgan fingerprint density at radius 1 is 1.09 bits per heavy atom. The summed E-state index contributed by atoms with van der Waals surface area (Å²) in [4.78, 5) is 0.0421. The Morgan fingerprint density at radius 2 is 1.73 bits per heavy atom. The fraction of sp³-hybridized carbons (Fsp3) is 1.00. The second-order valence-corrected chi connectivity index (χ2v) is 4.62. The van der Waals surface area contributed by atoms with Gasteiger partial charge in [0, 0.05) is 0 Å². The summed E-state index contributed by atoms with van der Waals surface area (Å²) in [7, 11) is 0. The molecule has 64 valence electrons. The molecular formula is C9H15ClO. The molecule has 2 rings (SSSR count). The monoisotopic (exact) mass is 174 g/mol. The van der Waals surface area contributed by atoms with Crippen molar-refractivity contribution >= 4 is 11.6 Å². The molecular weight excluding hydrogens is 160 g/mol. The third-order valence-corrected chi connectivity index (χ3v) is 3.55. The van der Waals surface area contributed by atoms with Crippen LogP contribution in [0.5, 0.6) is 0 Å². The van der Waals surface area contributed by atoms with Crippen molar-refractivity contribution < 1.29 is 4.74 Å². The van der Waals surface area contributed by atoms with Gasteiger partial charge in [0.05, 0.1) is 18.1 Å². The lowest BCUT2D eigenvalue weighted by Crippen LogP contribution is -2.50. The van der Waals surface area contributed by atoms with Crippen LogP contribution >= 0.6 is 11.6 Å². The lowest BCUT2D eigenvalue weighted by molar-refractivity contribution is -0.0469. The number of hydrogen-bond acceptors (Lipinski definition) is 1. The molecule has 0 aromatic rings. The van der Waals surface area contributed by atoms with Gasteiger partial charge in [-0.2, -0.15) is 0 Å². The van der Waals surface area contributed by atoms with Crippen molar-refractivity contribution in [3.63, 3.8) is 0 Å². The average molecular weight is 175 g/mol. The van der Waals surface area contributed by atoms with Crippen molar-refractivity contribution in [2.45, 2.75) is 37.0 Å². The number of rotatable bonds is 1. The first-order chi connectivity index (χ1) is 5.31. The van der Waals surface area contributed by atoms with Crippen LogP contribution in [0.25, 0.3) is 0 Å². The molecule has 0 bridgehead atoms. The minimum atomic E-state index is 0.0421. The predicted octanol–water partition coefficient (Wildman–Crippen LogP) is 2.57. The van der Waals surface area contributed by atoms with Gasteiger partial charge in [-0.15, -0.1) is 11.6 Å². The molecule has 2 fully saturated rings. The molecule has 1 nitrogen and oxygen atoms in total. The van der Waals surface area contributed by atoms with Crippen molar-refractivity contribution in [3.05, 3.63) is 0 Å². The number of ether oxygens (including phenoxy) is 1. The Balaban J connectivity index is 1.91. The van der Waals surface area contributed by atoms with E-state index in [-0.39, 0.29) is 4.87 Å². The molecule has 0 spiro atoms. The van der Waals surface area contributed by atoms with Crippen LogP contribution in [0.15, 0.2) is 0 Å². The Bertz CT molecular complexity index is 136. The molecule has 2 heteroatoms. The Morgan fingerprint density at radius 3 is 2.18 bits per heavy atom. The topological polar surface area (TPSA) is 9.23 Å². The SMILES string of the molecule is ClC1(C2CCCCC2)COC1. The Labute approximate surface area is 73.1 Å². The van der Waals surface area contributed by atoms with Gasteiger partial charge in [-0.1, -0.05) is 19.3 Å². The van der Waals surface area contributed by atoms with E-state index in [0.29, 0.717) is 0 Å². The van der Waals surface area contributed by atoms with E-state index in [1.54, 1.807) is 0 Å². The maximum Gasteiger partial charge on any atom is 0.0939 e. The van der Waals surface area contributed by atoms with Crippen LogP contribution in [0.3, 0.4) is 0 Å². The van der Waals surface area contributed by atoms with E-state index < -0.39 is 0 Å². The summed E-state index contributed by atoms with van der Waals surface area (Å²) in [5, 5.41) is 0. The summed E-state index contributed by atoms with van der Waals surface area (Å²) >= 11 is 6.36. The summed E-state index contributed by atoms with van der Waals surface area (Å²) < 4.78 is 5.16. The van der Waals surface area contributed by atoms with Gasteiger partial charge in [-0.25, -0.2) is 0 Å². The van der Waals surface area contributed by atoms with Crippen LogP contribution in [-0.2, 0) is 4.74 Å². The van der Waals surface area contributed by atoms with E-state index in [0.717, 1.165) is 19.1 Å². The third-order valence-electron chi connectivity index (χ3n) is 3.02. The van der Waals surface area contributed by atoms with E-state index in [1.807, 2.05) is 0 Å². The second kappa shape index (κ2) is 2.95. The summed E-state index contributed by atoms with van der Waals surface area (Å²) in [6, 6.07) is 0. The van der Waals surface area contributed by atoms with E-state index in [9.17, 15) is 0 Å². The van der Waals surface area contributed by atoms with Gasteiger partial charge in [0.25, 0.3) is 0 Å². The van der Waals surface area contributed by atoms with E-state index in [2.05, 4.69) is 0 Å². The van der Waals surface area contributed by atoms with E-state index >= 15 is 0 Å². The first-order valence-electron chi connectivity index (χ1n) is 4.58. The van der Waals surface area contributed by atoms with Gasteiger partial charge < -0.3 is 4.74 Å². The van der Waals surface area contributed by atoms with Gasteiger partial charge >= 0.3 is 0 Å². The first kappa shape index (κ1) is 7.88. The highest BCUT2D eigenvalue weighted by Crippen LogP contribution is 2.41. The van der Waals surface area contributed by atoms with Crippen LogP contribution in [0.4, 0.5) is 0 Å². The van der Waals surface area contributed by atoms with Gasteiger partial charge in [0.15, 0.2) is 0 Å². The fourth-order valence-electron chi connectivity index (χ4n) is 2.15. The minimum absolute atomic E-state index is 0.0421. The van der Waals surface area contributed by atoms with Crippen LogP contribution in [0.1, 0.15) is 32.1 Å². The quantitative estimate of drug-likeness (QED) is 0.556. The molecule has 1 aliphatic carbocycles. The largest absolute Gasteiger partial charge is 0.378 e. The fourth-order valence-corrected chi connectivity index (χ4v) is 2.53. The second-order valence-electron chi connectivity index (χ2n) is 3.86. The van der Waals surface area contributed by atoms with Crippen LogP contribution in [-0.4, -0.2) is 18.1 Å². The first-order valence-corrected chi connectivity index (χ1v) is 4.96. The lowest BCUT2D eigenvalue weighted by Gasteiger charge is -2.43. The molecule has 0 N–H and O–H groups in total. The maximum absolute atomic E-state index is 6.36. The zero-order valence-corrected chi connectivity index (χ0v) is 7.57. The molecule has 2 aliphatic rings. The van der Waals surface area contributed by atoms with E-state index in [1.165, 1.54) is 32.1 Å². The molecule has 0 unspecified atom stereocenters. The van der Waals surface area contributed by atoms with Crippen LogP contribution < -0.4 is 0 Å². The smallest absolute Gasteiger partial charge is 0.0939 e. The van der Waals surface area contributed by atoms with Gasteiger partial charge in [0.1, 0.15) is 0 Å². The lowest BCUT2D eigenvalue weighted by atomic mass is 9.78. The van der Waals surface area contributed by atoms with Crippen molar-refractivity contribution in [1.82, 2.24) is 0 Å². The van der Waals surface area contributed by atoms with Gasteiger partial charge in [-0.05, 0) is 18.8 Å². The summed E-state index contributed by atoms with van der Waals surface area (Å²) in [6.07, 6.45) is 6.81. The minimum Gasteiger partial charge on any atom is -0.378 e. The highest BCUT2D eigenvalue weighted by Gasteiger charge is 2.43. The van der Waals surface area contributed by atoms with Crippen molar-refractivity contribution in [1.29, 1.82) is 0 Å². The summed E-state index contributed by atoms with van der Waals surface area (Å²) in [5.74, 6) is 0.742. The summed E-state index contributed by atoms with van der Waals surface area (Å²) in [5.41, 5.74) is 0. The van der Waals surface area contributed by atoms with Gasteiger partial charge in [0.2, 0.25) is 0 Å². The standard InChI is InChI=1S/C9H15ClO/c10-9(6-11-7-9)8-4-2-1-3-5-8/h8H,1-7H2. The molecule has 0 amide bonds. The summed E-state index contributed by atoms with van der Waals surface area (Å²) in [6.45, 7) is 1.58. The van der Waals surface area contributed by atoms with E-state index in [4.69, 9.17) is 16.3 Å². The zero-order chi connectivity index (χ0) is 7.73. The molecule has 0 radical (unpaired) electrons. The maximum atomic E-state index is 6.36. The Kier molecular flexibility index (Phi) is 2.11. The highest BCUT2D eigenvalue weighted by molar-refractivity contribution is 6.24. The zero-order valence-electron chi connectivity index (χ0n) is 6.81. The predicted molar refractivity (Wildman–Crippen MR) is 46.0 cm³/mol. The van der Waals surface area contributed by atoms with Crippen molar-refractivity contribution in [2.24, 2.45) is 5.92 Å². The number of hydrogen-bond donors (Lipinski definition) is 0. The highest BCUT2D eigenvalue weighted by atomic mass is 35.5. The molecule has 11 heavy (non-hydrogen) atoms. The molecule has 1 saturated heterocycles. The normalized spacial score (nSPS) is 31.4. The molecule has 0 atom stereocenters. The molecule has 1 aliphatic heterocycles. The molecule has 0 aromatic carbocycles. The van der Waals surface area contributed by atoms with Crippen molar-refractivity contribution in [3.8, 4) is 0 Å². The van der Waals surface area contributed by atoms with Crippen LogP contribution in [0.2, 0.25) is 0 Å². The van der Waals surface area contributed by atoms with Crippen LogP contribution in [0, 0.1) is 5.92 Å². The number of alkyl halides is 1. The number of halogens is 1. The van der Waals surface area contributed by atoms with Gasteiger partial charge in [-0.3, -0.25) is 0 Å². The van der Waals surface area contributed by atoms with Crippen molar-refractivity contribution in [2.75, 3.05) is 13.2 Å². The molecule has 0 aromatic heterocycles. The third kappa shape index (κ3) is 1.41. The molecule has 1 heterocycles. The average Bonchev–Trinajstić information content (AvgIpc) is 2.02. The Hall–Kier alpha value is 0.250. The molecule has 1 saturated carbocycles.